The van der Waals surface area contributed by atoms with Crippen molar-refractivity contribution in [2.45, 2.75) is 19.6 Å². The molecule has 25 heavy (non-hydrogen) atoms. The third kappa shape index (κ3) is 3.60. The van der Waals surface area contributed by atoms with Crippen molar-refractivity contribution in [2.24, 2.45) is 7.05 Å². The van der Waals surface area contributed by atoms with E-state index < -0.39 is 34.4 Å². The Balaban J connectivity index is 2.40. The van der Waals surface area contributed by atoms with Crippen molar-refractivity contribution in [3.05, 3.63) is 28.3 Å². The molecule has 0 atom stereocenters. The summed E-state index contributed by atoms with van der Waals surface area (Å²) in [5.74, 6) is -1.51. The number of nitrogens with one attached hydrogen (secondary N) is 2. The van der Waals surface area contributed by atoms with E-state index in [1.807, 2.05) is 0 Å². The molecule has 2 rings (SSSR count). The third-order valence-corrected chi connectivity index (χ3v) is 3.61. The maximum absolute atomic E-state index is 12.8. The molecule has 0 aromatic carbocycles. The molecule has 0 spiro atoms. The summed E-state index contributed by atoms with van der Waals surface area (Å²) in [4.78, 5) is 24.2. The quantitative estimate of drug-likeness (QED) is 0.850. The maximum atomic E-state index is 12.8. The molecule has 0 saturated carbocycles. The fourth-order valence-corrected chi connectivity index (χ4v) is 2.42. The molecule has 2 aromatic heterocycles. The van der Waals surface area contributed by atoms with Crippen molar-refractivity contribution in [1.29, 1.82) is 0 Å². The highest BCUT2D eigenvalue weighted by Crippen LogP contribution is 2.35. The van der Waals surface area contributed by atoms with Gasteiger partial charge in [-0.3, -0.25) is 19.0 Å². The first kappa shape index (κ1) is 18.8. The summed E-state index contributed by atoms with van der Waals surface area (Å²) in [6, 6.07) is 0. The highest BCUT2D eigenvalue weighted by atomic mass is 35.5. The van der Waals surface area contributed by atoms with Gasteiger partial charge in [0, 0.05) is 26.8 Å². The summed E-state index contributed by atoms with van der Waals surface area (Å²) >= 11 is 5.67. The van der Waals surface area contributed by atoms with Gasteiger partial charge < -0.3 is 10.6 Å². The maximum Gasteiger partial charge on any atom is 0.436 e. The normalized spacial score (nSPS) is 11.5. The van der Waals surface area contributed by atoms with Crippen LogP contribution in [0, 0.1) is 0 Å². The van der Waals surface area contributed by atoms with Gasteiger partial charge in [-0.25, -0.2) is 0 Å². The van der Waals surface area contributed by atoms with Crippen molar-refractivity contribution >= 4 is 29.1 Å². The fraction of sp³-hybridized carbons (Fsp3) is 0.385. The van der Waals surface area contributed by atoms with Crippen LogP contribution in [0.2, 0.25) is 5.02 Å². The Morgan fingerprint density at radius 2 is 1.92 bits per heavy atom. The Bertz CT molecular complexity index is 827. The summed E-state index contributed by atoms with van der Waals surface area (Å²) in [5.41, 5.74) is -1.89. The van der Waals surface area contributed by atoms with Crippen LogP contribution in [0.5, 0.6) is 0 Å². The number of rotatable bonds is 4. The van der Waals surface area contributed by atoms with E-state index in [4.69, 9.17) is 11.6 Å². The lowest BCUT2D eigenvalue weighted by Crippen LogP contribution is -2.22. The van der Waals surface area contributed by atoms with Gasteiger partial charge in [-0.2, -0.15) is 23.4 Å². The molecule has 8 nitrogen and oxygen atoms in total. The average molecular weight is 379 g/mol. The third-order valence-electron chi connectivity index (χ3n) is 3.25. The second-order valence-corrected chi connectivity index (χ2v) is 5.29. The van der Waals surface area contributed by atoms with E-state index in [1.54, 1.807) is 6.92 Å². The Labute approximate surface area is 144 Å². The standard InChI is InChI=1S/C13H14ClF3N6O2/c1-4-23-5-6(8(20-23)11(24)18-2)19-12(25)9-7(14)10(13(15,16)17)21-22(9)3/h5H,4H2,1-3H3,(H,18,24)(H,19,25). The minimum Gasteiger partial charge on any atom is -0.354 e. The van der Waals surface area contributed by atoms with Crippen LogP contribution in [0.25, 0.3) is 0 Å². The number of aromatic nitrogens is 4. The molecule has 0 aliphatic heterocycles. The zero-order valence-corrected chi connectivity index (χ0v) is 14.2. The van der Waals surface area contributed by atoms with E-state index in [0.717, 1.165) is 11.7 Å². The number of alkyl halides is 3. The lowest BCUT2D eigenvalue weighted by atomic mass is 10.3. The molecule has 0 radical (unpaired) electrons. The monoisotopic (exact) mass is 378 g/mol. The Kier molecular flexibility index (Phi) is 5.07. The van der Waals surface area contributed by atoms with Crippen molar-refractivity contribution in [3.63, 3.8) is 0 Å². The number of halogens is 4. The van der Waals surface area contributed by atoms with Crippen LogP contribution in [0.3, 0.4) is 0 Å². The molecule has 136 valence electrons. The zero-order chi connectivity index (χ0) is 18.9. The molecular formula is C13H14ClF3N6O2. The lowest BCUT2D eigenvalue weighted by Gasteiger charge is -2.05. The number of aryl methyl sites for hydroxylation is 2. The molecule has 0 saturated heterocycles. The minimum atomic E-state index is -4.80. The summed E-state index contributed by atoms with van der Waals surface area (Å²) in [6.07, 6.45) is -3.41. The number of hydrogen-bond donors (Lipinski definition) is 2. The van der Waals surface area contributed by atoms with E-state index in [9.17, 15) is 22.8 Å². The molecular weight excluding hydrogens is 365 g/mol. The second-order valence-electron chi connectivity index (χ2n) is 4.91. The van der Waals surface area contributed by atoms with Gasteiger partial charge in [-0.1, -0.05) is 11.6 Å². The van der Waals surface area contributed by atoms with Crippen molar-refractivity contribution in [3.8, 4) is 0 Å². The molecule has 0 bridgehead atoms. The number of carbonyl (C=O) groups is 2. The molecule has 12 heteroatoms. The highest BCUT2D eigenvalue weighted by molar-refractivity contribution is 6.35. The van der Waals surface area contributed by atoms with Gasteiger partial charge in [0.2, 0.25) is 0 Å². The van der Waals surface area contributed by atoms with Crippen LogP contribution in [-0.4, -0.2) is 38.4 Å². The molecule has 2 N–H and O–H groups in total. The largest absolute Gasteiger partial charge is 0.436 e. The van der Waals surface area contributed by atoms with Crippen LogP contribution < -0.4 is 10.6 Å². The van der Waals surface area contributed by atoms with Gasteiger partial charge in [-0.05, 0) is 6.92 Å². The first-order valence-corrected chi connectivity index (χ1v) is 7.38. The lowest BCUT2D eigenvalue weighted by molar-refractivity contribution is -0.141. The second kappa shape index (κ2) is 6.75. The van der Waals surface area contributed by atoms with Gasteiger partial charge in [0.15, 0.2) is 11.4 Å². The number of anilines is 1. The van der Waals surface area contributed by atoms with Crippen LogP contribution >= 0.6 is 11.6 Å². The van der Waals surface area contributed by atoms with E-state index in [1.165, 1.54) is 17.9 Å². The molecule has 2 aromatic rings. The van der Waals surface area contributed by atoms with Gasteiger partial charge >= 0.3 is 6.18 Å². The van der Waals surface area contributed by atoms with Crippen molar-refractivity contribution in [1.82, 2.24) is 24.9 Å². The van der Waals surface area contributed by atoms with Gasteiger partial charge in [0.1, 0.15) is 10.7 Å². The topological polar surface area (TPSA) is 93.8 Å². The number of amides is 2. The van der Waals surface area contributed by atoms with E-state index in [0.29, 0.717) is 6.54 Å². The predicted octanol–water partition coefficient (Wildman–Crippen LogP) is 1.92. The Morgan fingerprint density at radius 1 is 1.28 bits per heavy atom. The van der Waals surface area contributed by atoms with Crippen LogP contribution in [-0.2, 0) is 19.8 Å². The smallest absolute Gasteiger partial charge is 0.354 e. The van der Waals surface area contributed by atoms with Crippen LogP contribution in [0.4, 0.5) is 18.9 Å². The molecule has 0 unspecified atom stereocenters. The average Bonchev–Trinajstić information content (AvgIpc) is 3.06. The van der Waals surface area contributed by atoms with Crippen LogP contribution in [0.1, 0.15) is 33.6 Å². The first-order valence-electron chi connectivity index (χ1n) is 7.00. The van der Waals surface area contributed by atoms with Gasteiger partial charge in [0.05, 0.1) is 5.69 Å². The van der Waals surface area contributed by atoms with E-state index in [2.05, 4.69) is 20.8 Å². The zero-order valence-electron chi connectivity index (χ0n) is 13.4. The molecule has 0 fully saturated rings. The summed E-state index contributed by atoms with van der Waals surface area (Å²) < 4.78 is 40.6. The molecule has 0 aliphatic carbocycles. The van der Waals surface area contributed by atoms with E-state index >= 15 is 0 Å². The Morgan fingerprint density at radius 3 is 2.40 bits per heavy atom. The minimum absolute atomic E-state index is 0.0389. The number of hydrogen-bond acceptors (Lipinski definition) is 4. The Hall–Kier alpha value is -2.56. The molecule has 0 aliphatic rings. The first-order chi connectivity index (χ1) is 11.6. The van der Waals surface area contributed by atoms with E-state index in [-0.39, 0.29) is 11.4 Å². The molecule has 2 amide bonds. The fourth-order valence-electron chi connectivity index (χ4n) is 2.07. The van der Waals surface area contributed by atoms with Crippen molar-refractivity contribution in [2.75, 3.05) is 12.4 Å². The van der Waals surface area contributed by atoms with Gasteiger partial charge in [0.25, 0.3) is 11.8 Å². The summed E-state index contributed by atoms with van der Waals surface area (Å²) in [7, 11) is 2.54. The van der Waals surface area contributed by atoms with Crippen molar-refractivity contribution < 1.29 is 22.8 Å². The summed E-state index contributed by atoms with van der Waals surface area (Å²) in [5, 5.41) is 11.1. The highest BCUT2D eigenvalue weighted by Gasteiger charge is 2.39. The predicted molar refractivity (Wildman–Crippen MR) is 82.5 cm³/mol. The molecule has 2 heterocycles. The number of nitrogens with zero attached hydrogens (tertiary/aromatic N) is 4. The number of carbonyl (C=O) groups excluding carboxylic acids is 2. The summed E-state index contributed by atoms with van der Waals surface area (Å²) in [6.45, 7) is 2.18. The SMILES string of the molecule is CCn1cc(NC(=O)c2c(Cl)c(C(F)(F)F)nn2C)c(C(=O)NC)n1. The van der Waals surface area contributed by atoms with Gasteiger partial charge in [-0.15, -0.1) is 0 Å². The van der Waals surface area contributed by atoms with Crippen LogP contribution in [0.15, 0.2) is 6.20 Å².